The van der Waals surface area contributed by atoms with Crippen molar-refractivity contribution in [1.29, 1.82) is 0 Å². The van der Waals surface area contributed by atoms with Crippen molar-refractivity contribution < 1.29 is 9.63 Å². The van der Waals surface area contributed by atoms with Gasteiger partial charge in [0.25, 0.3) is 5.91 Å². The molecule has 22 heavy (non-hydrogen) atoms. The van der Waals surface area contributed by atoms with Crippen LogP contribution in [0.4, 0.5) is 0 Å². The molecular weight excluding hydrogens is 302 g/mol. The molecule has 1 N–H and O–H groups in total. The maximum Gasteiger partial charge on any atom is 0.265 e. The van der Waals surface area contributed by atoms with E-state index in [4.69, 9.17) is 16.4 Å². The molecule has 6 heteroatoms. The second-order valence-corrected chi connectivity index (χ2v) is 5.74. The van der Waals surface area contributed by atoms with Crippen molar-refractivity contribution in [3.8, 4) is 0 Å². The number of likely N-dealkylation sites (tertiary alicyclic amines) is 1. The molecule has 0 radical (unpaired) electrons. The number of rotatable bonds is 7. The van der Waals surface area contributed by atoms with Gasteiger partial charge in [-0.05, 0) is 43.6 Å². The molecule has 0 bridgehead atoms. The highest BCUT2D eigenvalue weighted by atomic mass is 35.5. The highest BCUT2D eigenvalue weighted by Gasteiger charge is 2.22. The molecule has 1 heterocycles. The van der Waals surface area contributed by atoms with Crippen LogP contribution in [0.2, 0.25) is 5.02 Å². The zero-order valence-electron chi connectivity index (χ0n) is 12.8. The first-order valence-electron chi connectivity index (χ1n) is 7.60. The Kier molecular flexibility index (Phi) is 6.68. The third-order valence-electron chi connectivity index (χ3n) is 3.78. The zero-order chi connectivity index (χ0) is 15.8. The first kappa shape index (κ1) is 16.8. The number of halogens is 1. The second kappa shape index (κ2) is 8.76. The Hall–Kier alpha value is -1.59. The summed E-state index contributed by atoms with van der Waals surface area (Å²) in [6, 6.07) is 7.77. The van der Waals surface area contributed by atoms with Crippen molar-refractivity contribution in [3.63, 3.8) is 0 Å². The highest BCUT2D eigenvalue weighted by Crippen LogP contribution is 2.15. The molecule has 5 nitrogen and oxygen atoms in total. The summed E-state index contributed by atoms with van der Waals surface area (Å²) in [5.41, 5.74) is 0.912. The first-order chi connectivity index (χ1) is 10.7. The van der Waals surface area contributed by atoms with Gasteiger partial charge in [0, 0.05) is 17.6 Å². The third kappa shape index (κ3) is 5.31. The number of hydrogen-bond acceptors (Lipinski definition) is 4. The quantitative estimate of drug-likeness (QED) is 0.619. The number of oxime groups is 1. The number of carbonyl (C=O) groups is 1. The Morgan fingerprint density at radius 2 is 2.45 bits per heavy atom. The Labute approximate surface area is 136 Å². The fraction of sp³-hybridized carbons (Fsp3) is 0.500. The summed E-state index contributed by atoms with van der Waals surface area (Å²) in [5.74, 6) is -0.228. The average molecular weight is 324 g/mol. The van der Waals surface area contributed by atoms with Gasteiger partial charge in [-0.1, -0.05) is 35.8 Å². The Morgan fingerprint density at radius 1 is 1.59 bits per heavy atom. The van der Waals surface area contributed by atoms with Crippen molar-refractivity contribution in [3.05, 3.63) is 34.9 Å². The number of likely N-dealkylation sites (N-methyl/N-ethyl adjacent to an activating group) is 1. The lowest BCUT2D eigenvalue weighted by atomic mass is 10.2. The molecule has 1 saturated heterocycles. The fourth-order valence-electron chi connectivity index (χ4n) is 2.63. The maximum atomic E-state index is 11.7. The average Bonchev–Trinajstić information content (AvgIpc) is 2.97. The standard InChI is InChI=1S/C16H22ClN3O2/c1-2-20-8-4-7-15(20)10-18-16(21)11-19-22-12-13-5-3-6-14(17)9-13/h3,5-6,9,11,15H,2,4,7-8,10,12H2,1H3,(H,18,21)/b19-11+/t15-/m0/s1. The van der Waals surface area contributed by atoms with Crippen LogP contribution in [0.5, 0.6) is 0 Å². The van der Waals surface area contributed by atoms with E-state index in [2.05, 4.69) is 22.3 Å². The van der Waals surface area contributed by atoms with Gasteiger partial charge in [-0.3, -0.25) is 9.69 Å². The molecular formula is C16H22ClN3O2. The lowest BCUT2D eigenvalue weighted by Gasteiger charge is -2.22. The molecule has 0 aliphatic carbocycles. The van der Waals surface area contributed by atoms with E-state index in [0.717, 1.165) is 25.1 Å². The number of carbonyl (C=O) groups excluding carboxylic acids is 1. The zero-order valence-corrected chi connectivity index (χ0v) is 13.6. The minimum Gasteiger partial charge on any atom is -0.391 e. The van der Waals surface area contributed by atoms with Gasteiger partial charge >= 0.3 is 0 Å². The lowest BCUT2D eigenvalue weighted by Crippen LogP contribution is -2.40. The Balaban J connectivity index is 1.66. The molecule has 0 saturated carbocycles. The molecule has 1 amide bonds. The molecule has 1 aliphatic rings. The minimum absolute atomic E-state index is 0.228. The van der Waals surface area contributed by atoms with Crippen molar-refractivity contribution >= 4 is 23.7 Å². The van der Waals surface area contributed by atoms with E-state index in [1.54, 1.807) is 12.1 Å². The molecule has 0 spiro atoms. The SMILES string of the molecule is CCN1CCC[C@H]1CNC(=O)/C=N/OCc1cccc(Cl)c1. The molecule has 0 unspecified atom stereocenters. The smallest absolute Gasteiger partial charge is 0.265 e. The molecule has 2 rings (SSSR count). The molecule has 1 fully saturated rings. The van der Waals surface area contributed by atoms with Crippen LogP contribution in [0.3, 0.4) is 0 Å². The van der Waals surface area contributed by atoms with Gasteiger partial charge in [-0.15, -0.1) is 0 Å². The number of amides is 1. The molecule has 120 valence electrons. The fourth-order valence-corrected chi connectivity index (χ4v) is 2.84. The number of nitrogens with one attached hydrogen (secondary N) is 1. The minimum atomic E-state index is -0.228. The first-order valence-corrected chi connectivity index (χ1v) is 7.98. The predicted molar refractivity (Wildman–Crippen MR) is 88.0 cm³/mol. The van der Waals surface area contributed by atoms with E-state index in [0.29, 0.717) is 17.6 Å². The Morgan fingerprint density at radius 3 is 3.23 bits per heavy atom. The van der Waals surface area contributed by atoms with E-state index in [-0.39, 0.29) is 12.5 Å². The number of benzene rings is 1. The number of nitrogens with zero attached hydrogens (tertiary/aromatic N) is 2. The highest BCUT2D eigenvalue weighted by molar-refractivity contribution is 6.30. The summed E-state index contributed by atoms with van der Waals surface area (Å²) in [6.07, 6.45) is 3.51. The monoisotopic (exact) mass is 323 g/mol. The summed E-state index contributed by atoms with van der Waals surface area (Å²) in [5, 5.41) is 7.21. The van der Waals surface area contributed by atoms with E-state index in [1.165, 1.54) is 12.6 Å². The van der Waals surface area contributed by atoms with Crippen LogP contribution in [0.15, 0.2) is 29.4 Å². The van der Waals surface area contributed by atoms with Gasteiger partial charge in [0.05, 0.1) is 0 Å². The van der Waals surface area contributed by atoms with Crippen LogP contribution in [-0.2, 0) is 16.2 Å². The summed E-state index contributed by atoms with van der Waals surface area (Å²) < 4.78 is 0. The molecule has 1 aliphatic heterocycles. The van der Waals surface area contributed by atoms with E-state index in [9.17, 15) is 4.79 Å². The van der Waals surface area contributed by atoms with Gasteiger partial charge in [0.2, 0.25) is 0 Å². The van der Waals surface area contributed by atoms with Crippen LogP contribution in [-0.4, -0.2) is 42.7 Å². The van der Waals surface area contributed by atoms with Gasteiger partial charge < -0.3 is 10.2 Å². The van der Waals surface area contributed by atoms with Crippen molar-refractivity contribution in [1.82, 2.24) is 10.2 Å². The molecule has 0 aromatic heterocycles. The summed E-state index contributed by atoms with van der Waals surface area (Å²) >= 11 is 5.87. The van der Waals surface area contributed by atoms with Crippen LogP contribution in [0.1, 0.15) is 25.3 Å². The molecule has 1 atom stereocenters. The van der Waals surface area contributed by atoms with Crippen LogP contribution >= 0.6 is 11.6 Å². The topological polar surface area (TPSA) is 53.9 Å². The largest absolute Gasteiger partial charge is 0.391 e. The van der Waals surface area contributed by atoms with Crippen molar-refractivity contribution in [2.24, 2.45) is 5.16 Å². The van der Waals surface area contributed by atoms with Gasteiger partial charge in [0.15, 0.2) is 0 Å². The van der Waals surface area contributed by atoms with Gasteiger partial charge in [-0.2, -0.15) is 0 Å². The maximum absolute atomic E-state index is 11.7. The van der Waals surface area contributed by atoms with Gasteiger partial charge in [-0.25, -0.2) is 0 Å². The molecule has 1 aromatic carbocycles. The van der Waals surface area contributed by atoms with Gasteiger partial charge in [0.1, 0.15) is 12.8 Å². The van der Waals surface area contributed by atoms with E-state index < -0.39 is 0 Å². The summed E-state index contributed by atoms with van der Waals surface area (Å²) in [4.78, 5) is 19.2. The normalized spacial score (nSPS) is 18.7. The van der Waals surface area contributed by atoms with Crippen molar-refractivity contribution in [2.75, 3.05) is 19.6 Å². The molecule has 1 aromatic rings. The number of hydrogen-bond donors (Lipinski definition) is 1. The predicted octanol–water partition coefficient (Wildman–Crippen LogP) is 2.44. The summed E-state index contributed by atoms with van der Waals surface area (Å²) in [6.45, 7) is 5.24. The third-order valence-corrected chi connectivity index (χ3v) is 4.02. The van der Waals surface area contributed by atoms with Crippen LogP contribution in [0, 0.1) is 0 Å². The van der Waals surface area contributed by atoms with Crippen LogP contribution < -0.4 is 5.32 Å². The Bertz CT molecular complexity index is 522. The summed E-state index contributed by atoms with van der Waals surface area (Å²) in [7, 11) is 0. The van der Waals surface area contributed by atoms with E-state index >= 15 is 0 Å². The van der Waals surface area contributed by atoms with Crippen LogP contribution in [0.25, 0.3) is 0 Å². The van der Waals surface area contributed by atoms with E-state index in [1.807, 2.05) is 12.1 Å². The second-order valence-electron chi connectivity index (χ2n) is 5.31. The lowest BCUT2D eigenvalue weighted by molar-refractivity contribution is -0.114. The van der Waals surface area contributed by atoms with Crippen molar-refractivity contribution in [2.45, 2.75) is 32.4 Å².